The summed E-state index contributed by atoms with van der Waals surface area (Å²) in [6.45, 7) is -0.207. The minimum atomic E-state index is -0.460. The van der Waals surface area contributed by atoms with Crippen LogP contribution in [0.2, 0.25) is 0 Å². The summed E-state index contributed by atoms with van der Waals surface area (Å²) in [6.07, 6.45) is 0. The number of ether oxygens (including phenoxy) is 2. The van der Waals surface area contributed by atoms with Crippen LogP contribution in [0, 0.1) is 11.8 Å². The maximum absolute atomic E-state index is 11.3. The Hall–Kier alpha value is -1.99. The lowest BCUT2D eigenvalue weighted by Crippen LogP contribution is -2.04. The summed E-state index contributed by atoms with van der Waals surface area (Å²) < 4.78 is 9.66. The van der Waals surface area contributed by atoms with Crippen molar-refractivity contribution in [1.29, 1.82) is 0 Å². The average molecular weight is 220 g/mol. The summed E-state index contributed by atoms with van der Waals surface area (Å²) in [6, 6.07) is 4.86. The number of methoxy groups -OCH3 is 2. The van der Waals surface area contributed by atoms with Crippen LogP contribution in [0.5, 0.6) is 5.75 Å². The largest absolute Gasteiger partial charge is 0.496 e. The highest BCUT2D eigenvalue weighted by molar-refractivity contribution is 5.92. The number of esters is 1. The van der Waals surface area contributed by atoms with Gasteiger partial charge < -0.3 is 14.6 Å². The van der Waals surface area contributed by atoms with Crippen LogP contribution in [0.4, 0.5) is 0 Å². The summed E-state index contributed by atoms with van der Waals surface area (Å²) in [7, 11) is 2.77. The quantitative estimate of drug-likeness (QED) is 0.592. The lowest BCUT2D eigenvalue weighted by atomic mass is 10.1. The first-order chi connectivity index (χ1) is 7.72. The monoisotopic (exact) mass is 220 g/mol. The van der Waals surface area contributed by atoms with E-state index in [1.54, 1.807) is 18.2 Å². The molecule has 4 heteroatoms. The topological polar surface area (TPSA) is 55.8 Å². The zero-order chi connectivity index (χ0) is 12.0. The molecule has 1 aromatic carbocycles. The second kappa shape index (κ2) is 5.79. The van der Waals surface area contributed by atoms with Crippen molar-refractivity contribution >= 4 is 5.97 Å². The fraction of sp³-hybridized carbons (Fsp3) is 0.250. The van der Waals surface area contributed by atoms with Gasteiger partial charge in [0.05, 0.1) is 14.2 Å². The van der Waals surface area contributed by atoms with E-state index in [1.165, 1.54) is 14.2 Å². The molecule has 0 aliphatic carbocycles. The fourth-order valence-corrected chi connectivity index (χ4v) is 1.19. The predicted octanol–water partition coefficient (Wildman–Crippen LogP) is 0.826. The van der Waals surface area contributed by atoms with Crippen molar-refractivity contribution in [1.82, 2.24) is 0 Å². The molecule has 0 saturated heterocycles. The van der Waals surface area contributed by atoms with E-state index in [2.05, 4.69) is 16.6 Å². The summed E-state index contributed by atoms with van der Waals surface area (Å²) in [4.78, 5) is 11.3. The predicted molar refractivity (Wildman–Crippen MR) is 58.3 cm³/mol. The van der Waals surface area contributed by atoms with E-state index >= 15 is 0 Å². The van der Waals surface area contributed by atoms with Gasteiger partial charge in [-0.2, -0.15) is 0 Å². The van der Waals surface area contributed by atoms with Gasteiger partial charge in [0.2, 0.25) is 0 Å². The Bertz CT molecular complexity index is 440. The summed E-state index contributed by atoms with van der Waals surface area (Å²) in [5.74, 6) is 5.17. The SMILES string of the molecule is COC(=O)c1ccc(C#CCO)cc1OC. The number of aliphatic hydroxyl groups is 1. The van der Waals surface area contributed by atoms with Gasteiger partial charge in [-0.25, -0.2) is 4.79 Å². The van der Waals surface area contributed by atoms with Crippen molar-refractivity contribution in [3.05, 3.63) is 29.3 Å². The molecule has 0 heterocycles. The van der Waals surface area contributed by atoms with E-state index in [0.29, 0.717) is 16.9 Å². The molecule has 0 amide bonds. The minimum Gasteiger partial charge on any atom is -0.496 e. The van der Waals surface area contributed by atoms with Crippen molar-refractivity contribution in [2.75, 3.05) is 20.8 Å². The Morgan fingerprint density at radius 2 is 2.19 bits per heavy atom. The molecule has 0 aliphatic heterocycles. The molecule has 1 rings (SSSR count). The van der Waals surface area contributed by atoms with Gasteiger partial charge >= 0.3 is 5.97 Å². The van der Waals surface area contributed by atoms with Crippen LogP contribution < -0.4 is 4.74 Å². The van der Waals surface area contributed by atoms with Crippen LogP contribution in [0.15, 0.2) is 18.2 Å². The zero-order valence-corrected chi connectivity index (χ0v) is 9.11. The third-order valence-corrected chi connectivity index (χ3v) is 1.92. The number of benzene rings is 1. The first kappa shape index (κ1) is 12.1. The summed E-state index contributed by atoms with van der Waals surface area (Å²) in [5.41, 5.74) is 1.01. The molecule has 0 aromatic heterocycles. The molecule has 0 fully saturated rings. The fourth-order valence-electron chi connectivity index (χ4n) is 1.19. The standard InChI is InChI=1S/C12H12O4/c1-15-11-8-9(4-3-7-13)5-6-10(11)12(14)16-2/h5-6,8,13H,7H2,1-2H3. The molecule has 0 radical (unpaired) electrons. The second-order valence-electron chi connectivity index (χ2n) is 2.87. The highest BCUT2D eigenvalue weighted by Gasteiger charge is 2.12. The molecule has 0 unspecified atom stereocenters. The lowest BCUT2D eigenvalue weighted by Gasteiger charge is -2.06. The Balaban J connectivity index is 3.11. The van der Waals surface area contributed by atoms with Gasteiger partial charge in [0.1, 0.15) is 17.9 Å². The third kappa shape index (κ3) is 2.75. The Morgan fingerprint density at radius 1 is 1.44 bits per heavy atom. The maximum Gasteiger partial charge on any atom is 0.341 e. The first-order valence-corrected chi connectivity index (χ1v) is 4.59. The number of carbonyl (C=O) groups is 1. The molecule has 0 saturated carbocycles. The van der Waals surface area contributed by atoms with Crippen LogP contribution in [0.3, 0.4) is 0 Å². The molecule has 1 N–H and O–H groups in total. The molecular weight excluding hydrogens is 208 g/mol. The van der Waals surface area contributed by atoms with Gasteiger partial charge in [0, 0.05) is 5.56 Å². The maximum atomic E-state index is 11.3. The smallest absolute Gasteiger partial charge is 0.341 e. The molecule has 0 spiro atoms. The summed E-state index contributed by atoms with van der Waals surface area (Å²) >= 11 is 0. The molecule has 1 aromatic rings. The molecule has 0 bridgehead atoms. The molecule has 4 nitrogen and oxygen atoms in total. The lowest BCUT2D eigenvalue weighted by molar-refractivity contribution is 0.0597. The number of aliphatic hydroxyl groups excluding tert-OH is 1. The third-order valence-electron chi connectivity index (χ3n) is 1.92. The van der Waals surface area contributed by atoms with Gasteiger partial charge in [-0.3, -0.25) is 0 Å². The van der Waals surface area contributed by atoms with Crippen LogP contribution in [-0.4, -0.2) is 31.9 Å². The van der Waals surface area contributed by atoms with Crippen molar-refractivity contribution in [2.24, 2.45) is 0 Å². The highest BCUT2D eigenvalue weighted by atomic mass is 16.5. The van der Waals surface area contributed by atoms with Crippen molar-refractivity contribution in [3.63, 3.8) is 0 Å². The van der Waals surface area contributed by atoms with E-state index in [4.69, 9.17) is 9.84 Å². The molecule has 0 aliphatic rings. The number of carbonyl (C=O) groups excluding carboxylic acids is 1. The van der Waals surface area contributed by atoms with E-state index < -0.39 is 5.97 Å². The van der Waals surface area contributed by atoms with Gasteiger partial charge in [-0.05, 0) is 18.2 Å². The van der Waals surface area contributed by atoms with Crippen molar-refractivity contribution < 1.29 is 19.4 Å². The molecule has 84 valence electrons. The van der Waals surface area contributed by atoms with Crippen LogP contribution >= 0.6 is 0 Å². The van der Waals surface area contributed by atoms with Crippen LogP contribution in [-0.2, 0) is 4.74 Å². The molecule has 0 atom stereocenters. The van der Waals surface area contributed by atoms with E-state index in [-0.39, 0.29) is 6.61 Å². The van der Waals surface area contributed by atoms with Crippen molar-refractivity contribution in [2.45, 2.75) is 0 Å². The van der Waals surface area contributed by atoms with Crippen LogP contribution in [0.1, 0.15) is 15.9 Å². The first-order valence-electron chi connectivity index (χ1n) is 4.59. The summed E-state index contributed by atoms with van der Waals surface area (Å²) in [5, 5.41) is 8.56. The normalized spacial score (nSPS) is 8.94. The Kier molecular flexibility index (Phi) is 4.37. The molecular formula is C12H12O4. The second-order valence-corrected chi connectivity index (χ2v) is 2.87. The number of hydrogen-bond acceptors (Lipinski definition) is 4. The Labute approximate surface area is 93.8 Å². The number of rotatable bonds is 2. The zero-order valence-electron chi connectivity index (χ0n) is 9.11. The average Bonchev–Trinajstić information content (AvgIpc) is 2.34. The Morgan fingerprint density at radius 3 is 2.75 bits per heavy atom. The van der Waals surface area contributed by atoms with Crippen LogP contribution in [0.25, 0.3) is 0 Å². The van der Waals surface area contributed by atoms with E-state index in [1.807, 2.05) is 0 Å². The van der Waals surface area contributed by atoms with Gasteiger partial charge in [0.15, 0.2) is 0 Å². The highest BCUT2D eigenvalue weighted by Crippen LogP contribution is 2.20. The minimum absolute atomic E-state index is 0.207. The van der Waals surface area contributed by atoms with Gasteiger partial charge in [-0.1, -0.05) is 11.8 Å². The van der Waals surface area contributed by atoms with Crippen molar-refractivity contribution in [3.8, 4) is 17.6 Å². The van der Waals surface area contributed by atoms with E-state index in [9.17, 15) is 4.79 Å². The number of hydrogen-bond donors (Lipinski definition) is 1. The molecule has 16 heavy (non-hydrogen) atoms. The van der Waals surface area contributed by atoms with E-state index in [0.717, 1.165) is 0 Å². The van der Waals surface area contributed by atoms with Gasteiger partial charge in [0.25, 0.3) is 0 Å². The van der Waals surface area contributed by atoms with Gasteiger partial charge in [-0.15, -0.1) is 0 Å².